The Morgan fingerprint density at radius 1 is 0.344 bits per heavy atom. The number of ether oxygens (including phenoxy) is 3. The largest absolute Gasteiger partial charge is 0.462 e. The van der Waals surface area contributed by atoms with Gasteiger partial charge in [-0.25, -0.2) is 0 Å². The summed E-state index contributed by atoms with van der Waals surface area (Å²) in [5, 5.41) is 0. The molecule has 6 nitrogen and oxygen atoms in total. The lowest BCUT2D eigenvalue weighted by atomic mass is 10.1. The van der Waals surface area contributed by atoms with Crippen LogP contribution >= 0.6 is 0 Å². The Morgan fingerprint density at radius 2 is 0.656 bits per heavy atom. The summed E-state index contributed by atoms with van der Waals surface area (Å²) >= 11 is 0. The summed E-state index contributed by atoms with van der Waals surface area (Å²) in [5.41, 5.74) is 0. The second-order valence-electron chi connectivity index (χ2n) is 17.0. The van der Waals surface area contributed by atoms with Crippen LogP contribution in [0.2, 0.25) is 0 Å². The fourth-order valence-electron chi connectivity index (χ4n) is 6.92. The summed E-state index contributed by atoms with van der Waals surface area (Å²) in [5.74, 6) is -0.945. The van der Waals surface area contributed by atoms with Gasteiger partial charge in [0, 0.05) is 19.3 Å². The average Bonchev–Trinajstić information content (AvgIpc) is 3.29. The van der Waals surface area contributed by atoms with E-state index in [9.17, 15) is 14.4 Å². The third-order valence-electron chi connectivity index (χ3n) is 10.8. The smallest absolute Gasteiger partial charge is 0.306 e. The first-order valence-corrected chi connectivity index (χ1v) is 26.3. The van der Waals surface area contributed by atoms with Crippen LogP contribution in [0.1, 0.15) is 233 Å². The van der Waals surface area contributed by atoms with Crippen molar-refractivity contribution < 1.29 is 28.6 Å². The number of carbonyl (C=O) groups is 3. The van der Waals surface area contributed by atoms with Gasteiger partial charge in [-0.3, -0.25) is 14.4 Å². The van der Waals surface area contributed by atoms with E-state index < -0.39 is 6.10 Å². The molecule has 0 radical (unpaired) electrons. The molecule has 6 heteroatoms. The lowest BCUT2D eigenvalue weighted by Crippen LogP contribution is -2.30. The van der Waals surface area contributed by atoms with Gasteiger partial charge in [0.05, 0.1) is 0 Å². The SMILES string of the molecule is CC/C=C\C/C=C\C/C=C\CCCCCCCCCCCC(=O)OCC(COC(=O)CCCCC/C=C\C=C/CCCC)OC(=O)CCCCCCCC/C=C\C/C=C\C/C=C\CC. The van der Waals surface area contributed by atoms with Crippen LogP contribution in [0.3, 0.4) is 0 Å². The summed E-state index contributed by atoms with van der Waals surface area (Å²) < 4.78 is 16.8. The Hall–Kier alpha value is -3.67. The van der Waals surface area contributed by atoms with Gasteiger partial charge in [0.1, 0.15) is 13.2 Å². The van der Waals surface area contributed by atoms with Crippen molar-refractivity contribution in [3.8, 4) is 0 Å². The monoisotopic (exact) mass is 889 g/mol. The highest BCUT2D eigenvalue weighted by molar-refractivity contribution is 5.71. The maximum absolute atomic E-state index is 12.8. The number of carbonyl (C=O) groups excluding carboxylic acids is 3. The maximum Gasteiger partial charge on any atom is 0.306 e. The minimum Gasteiger partial charge on any atom is -0.462 e. The van der Waals surface area contributed by atoms with E-state index in [1.807, 2.05) is 0 Å². The molecule has 0 spiro atoms. The number of hydrogen-bond donors (Lipinski definition) is 0. The summed E-state index contributed by atoms with van der Waals surface area (Å²) in [6.07, 6.45) is 68.2. The Balaban J connectivity index is 4.40. The van der Waals surface area contributed by atoms with Crippen LogP contribution in [-0.2, 0) is 28.6 Å². The van der Waals surface area contributed by atoms with Gasteiger partial charge in [0.25, 0.3) is 0 Å². The molecule has 0 aliphatic carbocycles. The maximum atomic E-state index is 12.8. The summed E-state index contributed by atoms with van der Waals surface area (Å²) in [7, 11) is 0. The van der Waals surface area contributed by atoms with Crippen molar-refractivity contribution in [3.05, 3.63) is 97.2 Å². The minimum atomic E-state index is -0.798. The second-order valence-corrected chi connectivity index (χ2v) is 17.0. The molecule has 0 rings (SSSR count). The molecule has 64 heavy (non-hydrogen) atoms. The Bertz CT molecular complexity index is 1300. The third-order valence-corrected chi connectivity index (χ3v) is 10.8. The van der Waals surface area contributed by atoms with Crippen molar-refractivity contribution in [3.63, 3.8) is 0 Å². The summed E-state index contributed by atoms with van der Waals surface area (Å²) in [6, 6.07) is 0. The fraction of sp³-hybridized carbons (Fsp3) is 0.672. The zero-order chi connectivity index (χ0) is 46.5. The molecule has 0 N–H and O–H groups in total. The zero-order valence-corrected chi connectivity index (χ0v) is 41.5. The number of rotatable bonds is 46. The van der Waals surface area contributed by atoms with Gasteiger partial charge < -0.3 is 14.2 Å². The molecular weight excluding hydrogens is 793 g/mol. The highest BCUT2D eigenvalue weighted by Crippen LogP contribution is 2.14. The number of esters is 3. The highest BCUT2D eigenvalue weighted by Gasteiger charge is 2.19. The first kappa shape index (κ1) is 60.3. The van der Waals surface area contributed by atoms with E-state index in [2.05, 4.69) is 118 Å². The van der Waals surface area contributed by atoms with Gasteiger partial charge in [-0.1, -0.05) is 208 Å². The van der Waals surface area contributed by atoms with E-state index in [-0.39, 0.29) is 31.1 Å². The van der Waals surface area contributed by atoms with Crippen molar-refractivity contribution >= 4 is 17.9 Å². The molecule has 0 amide bonds. The molecule has 0 aromatic rings. The fourth-order valence-corrected chi connectivity index (χ4v) is 6.92. The predicted octanol–water partition coefficient (Wildman–Crippen LogP) is 17.4. The van der Waals surface area contributed by atoms with Crippen LogP contribution in [-0.4, -0.2) is 37.2 Å². The minimum absolute atomic E-state index is 0.0953. The molecular formula is C58H96O6. The lowest BCUT2D eigenvalue weighted by molar-refractivity contribution is -0.167. The summed E-state index contributed by atoms with van der Waals surface area (Å²) in [6.45, 7) is 6.32. The van der Waals surface area contributed by atoms with Crippen LogP contribution in [0, 0.1) is 0 Å². The van der Waals surface area contributed by atoms with Gasteiger partial charge in [-0.05, 0) is 103 Å². The first-order valence-electron chi connectivity index (χ1n) is 26.3. The van der Waals surface area contributed by atoms with E-state index >= 15 is 0 Å². The van der Waals surface area contributed by atoms with Gasteiger partial charge in [-0.2, -0.15) is 0 Å². The van der Waals surface area contributed by atoms with Crippen molar-refractivity contribution in [2.24, 2.45) is 0 Å². The van der Waals surface area contributed by atoms with Crippen LogP contribution in [0.4, 0.5) is 0 Å². The lowest BCUT2D eigenvalue weighted by Gasteiger charge is -2.18. The van der Waals surface area contributed by atoms with E-state index in [1.54, 1.807) is 0 Å². The van der Waals surface area contributed by atoms with Crippen LogP contribution in [0.5, 0.6) is 0 Å². The van der Waals surface area contributed by atoms with Gasteiger partial charge in [0.2, 0.25) is 0 Å². The molecule has 0 heterocycles. The second kappa shape index (κ2) is 52.0. The van der Waals surface area contributed by atoms with Crippen LogP contribution in [0.25, 0.3) is 0 Å². The van der Waals surface area contributed by atoms with Crippen molar-refractivity contribution in [2.75, 3.05) is 13.2 Å². The molecule has 0 aliphatic rings. The molecule has 0 aromatic carbocycles. The van der Waals surface area contributed by atoms with E-state index in [1.165, 1.54) is 70.6 Å². The van der Waals surface area contributed by atoms with E-state index in [0.29, 0.717) is 19.3 Å². The highest BCUT2D eigenvalue weighted by atomic mass is 16.6. The topological polar surface area (TPSA) is 78.9 Å². The number of hydrogen-bond acceptors (Lipinski definition) is 6. The van der Waals surface area contributed by atoms with Gasteiger partial charge >= 0.3 is 17.9 Å². The van der Waals surface area contributed by atoms with Crippen molar-refractivity contribution in [2.45, 2.75) is 239 Å². The molecule has 0 fully saturated rings. The first-order chi connectivity index (χ1) is 31.5. The molecule has 0 aromatic heterocycles. The van der Waals surface area contributed by atoms with E-state index in [0.717, 1.165) is 122 Å². The van der Waals surface area contributed by atoms with Crippen LogP contribution in [0.15, 0.2) is 97.2 Å². The normalized spacial score (nSPS) is 12.9. The van der Waals surface area contributed by atoms with Crippen molar-refractivity contribution in [1.82, 2.24) is 0 Å². The molecule has 0 aliphatic heterocycles. The van der Waals surface area contributed by atoms with E-state index in [4.69, 9.17) is 14.2 Å². The summed E-state index contributed by atoms with van der Waals surface area (Å²) in [4.78, 5) is 38.0. The van der Waals surface area contributed by atoms with Gasteiger partial charge in [0.15, 0.2) is 6.10 Å². The molecule has 1 unspecified atom stereocenters. The van der Waals surface area contributed by atoms with Crippen molar-refractivity contribution in [1.29, 1.82) is 0 Å². The quantitative estimate of drug-likeness (QED) is 0.0199. The average molecular weight is 889 g/mol. The standard InChI is InChI=1S/C58H96O6/c1-4-7-10-13-16-19-22-24-26-28-29-30-32-33-36-39-42-45-48-51-57(60)63-54-55(53-62-56(59)50-47-44-41-38-35-21-18-15-12-9-6-3)64-58(61)52-49-46-43-40-37-34-31-27-25-23-20-17-14-11-8-5-2/h7-8,10-11,15-21,24-27,35,55H,4-6,9,12-14,22-23,28-34,36-54H2,1-3H3/b10-7-,11-8-,18-15-,19-16-,20-17-,26-24-,27-25-,35-21-. The van der Waals surface area contributed by atoms with Crippen LogP contribution < -0.4 is 0 Å². The molecule has 0 saturated heterocycles. The molecule has 364 valence electrons. The van der Waals surface area contributed by atoms with Gasteiger partial charge in [-0.15, -0.1) is 0 Å². The predicted molar refractivity (Wildman–Crippen MR) is 274 cm³/mol. The Kier molecular flexibility index (Phi) is 49.0. The Labute approximate surface area is 394 Å². The third kappa shape index (κ3) is 49.3. The number of allylic oxidation sites excluding steroid dienone is 16. The molecule has 1 atom stereocenters. The zero-order valence-electron chi connectivity index (χ0n) is 41.5. The molecule has 0 saturated carbocycles. The Morgan fingerprint density at radius 3 is 1.06 bits per heavy atom. The molecule has 0 bridgehead atoms. The number of unbranched alkanes of at least 4 members (excludes halogenated alkanes) is 20.